The summed E-state index contributed by atoms with van der Waals surface area (Å²) >= 11 is 1.55. The zero-order chi connectivity index (χ0) is 18.5. The second kappa shape index (κ2) is 8.25. The first-order valence-corrected chi connectivity index (χ1v) is 9.31. The van der Waals surface area contributed by atoms with Crippen LogP contribution in [0.3, 0.4) is 0 Å². The van der Waals surface area contributed by atoms with Crippen LogP contribution in [0, 0.1) is 13.8 Å². The number of aromatic nitrogens is 1. The molecule has 0 spiro atoms. The lowest BCUT2D eigenvalue weighted by molar-refractivity contribution is -0.113. The van der Waals surface area contributed by atoms with E-state index in [1.54, 1.807) is 24.5 Å². The Kier molecular flexibility index (Phi) is 5.81. The van der Waals surface area contributed by atoms with E-state index in [0.29, 0.717) is 18.0 Å². The molecule has 0 fully saturated rings. The number of hydrogen-bond donors (Lipinski definition) is 0. The highest BCUT2D eigenvalue weighted by Crippen LogP contribution is 2.23. The van der Waals surface area contributed by atoms with Gasteiger partial charge in [-0.25, -0.2) is 0 Å². The lowest BCUT2D eigenvalue weighted by Gasteiger charge is -2.05. The Morgan fingerprint density at radius 2 is 2.00 bits per heavy atom. The molecule has 0 atom stereocenters. The SMILES string of the molecule is COCCn1c(=NC(=O)C=Cc2ccccc2)sc2c(C)cc(C)cc21. The predicted molar refractivity (Wildman–Crippen MR) is 107 cm³/mol. The first kappa shape index (κ1) is 18.3. The molecule has 0 bridgehead atoms. The van der Waals surface area contributed by atoms with Gasteiger partial charge >= 0.3 is 0 Å². The molecule has 0 saturated carbocycles. The van der Waals surface area contributed by atoms with E-state index in [1.807, 2.05) is 30.3 Å². The van der Waals surface area contributed by atoms with Crippen molar-refractivity contribution >= 4 is 33.5 Å². The second-order valence-corrected chi connectivity index (χ2v) is 7.13. The second-order valence-electron chi connectivity index (χ2n) is 6.15. The number of carbonyl (C=O) groups is 1. The highest BCUT2D eigenvalue weighted by atomic mass is 32.1. The molecule has 1 heterocycles. The first-order chi connectivity index (χ1) is 12.6. The summed E-state index contributed by atoms with van der Waals surface area (Å²) in [7, 11) is 1.68. The number of nitrogens with zero attached hydrogens (tertiary/aromatic N) is 2. The molecule has 0 aliphatic rings. The minimum Gasteiger partial charge on any atom is -0.383 e. The van der Waals surface area contributed by atoms with Crippen molar-refractivity contribution in [3.63, 3.8) is 0 Å². The number of thiazole rings is 1. The molecule has 2 aromatic carbocycles. The van der Waals surface area contributed by atoms with Crippen LogP contribution in [0.2, 0.25) is 0 Å². The summed E-state index contributed by atoms with van der Waals surface area (Å²) < 4.78 is 8.46. The number of methoxy groups -OCH3 is 1. The van der Waals surface area contributed by atoms with E-state index >= 15 is 0 Å². The summed E-state index contributed by atoms with van der Waals surface area (Å²) in [5.41, 5.74) is 4.47. The molecular formula is C21H22N2O2S. The smallest absolute Gasteiger partial charge is 0.272 e. The summed E-state index contributed by atoms with van der Waals surface area (Å²) in [6.45, 7) is 5.40. The van der Waals surface area contributed by atoms with Crippen molar-refractivity contribution in [1.29, 1.82) is 0 Å². The molecule has 26 heavy (non-hydrogen) atoms. The maximum absolute atomic E-state index is 12.3. The predicted octanol–water partition coefficient (Wildman–Crippen LogP) is 4.11. The van der Waals surface area contributed by atoms with Crippen LogP contribution in [0.15, 0.2) is 53.5 Å². The molecule has 3 aromatic rings. The molecule has 0 aliphatic carbocycles. The van der Waals surface area contributed by atoms with E-state index in [-0.39, 0.29) is 5.91 Å². The van der Waals surface area contributed by atoms with Gasteiger partial charge in [-0.05, 0) is 42.7 Å². The summed E-state index contributed by atoms with van der Waals surface area (Å²) in [4.78, 5) is 17.4. The lowest BCUT2D eigenvalue weighted by atomic mass is 10.1. The summed E-state index contributed by atoms with van der Waals surface area (Å²) in [5.74, 6) is -0.263. The number of rotatable bonds is 5. The van der Waals surface area contributed by atoms with E-state index in [2.05, 4.69) is 35.5 Å². The van der Waals surface area contributed by atoms with Crippen LogP contribution in [-0.4, -0.2) is 24.2 Å². The van der Waals surface area contributed by atoms with Gasteiger partial charge in [-0.2, -0.15) is 4.99 Å². The van der Waals surface area contributed by atoms with E-state index in [9.17, 15) is 4.79 Å². The van der Waals surface area contributed by atoms with Crippen LogP contribution in [0.5, 0.6) is 0 Å². The molecule has 0 radical (unpaired) electrons. The van der Waals surface area contributed by atoms with Crippen molar-refractivity contribution in [1.82, 2.24) is 4.57 Å². The minimum absolute atomic E-state index is 0.263. The average molecular weight is 366 g/mol. The topological polar surface area (TPSA) is 43.6 Å². The van der Waals surface area contributed by atoms with Crippen molar-refractivity contribution in [3.8, 4) is 0 Å². The van der Waals surface area contributed by atoms with Crippen LogP contribution in [0.25, 0.3) is 16.3 Å². The molecule has 1 aromatic heterocycles. The fourth-order valence-corrected chi connectivity index (χ4v) is 3.97. The van der Waals surface area contributed by atoms with E-state index in [4.69, 9.17) is 4.74 Å². The Hall–Kier alpha value is -2.50. The number of ether oxygens (including phenoxy) is 1. The Labute approximate surface area is 157 Å². The van der Waals surface area contributed by atoms with E-state index in [1.165, 1.54) is 17.2 Å². The quantitative estimate of drug-likeness (QED) is 0.638. The van der Waals surface area contributed by atoms with Gasteiger partial charge in [0.25, 0.3) is 5.91 Å². The van der Waals surface area contributed by atoms with Gasteiger partial charge in [0, 0.05) is 19.7 Å². The van der Waals surface area contributed by atoms with Gasteiger partial charge in [0.05, 0.1) is 16.8 Å². The van der Waals surface area contributed by atoms with Crippen molar-refractivity contribution in [2.45, 2.75) is 20.4 Å². The third-order valence-corrected chi connectivity index (χ3v) is 5.29. The average Bonchev–Trinajstić information content (AvgIpc) is 2.96. The van der Waals surface area contributed by atoms with Gasteiger partial charge in [0.2, 0.25) is 0 Å². The molecule has 5 heteroatoms. The summed E-state index contributed by atoms with van der Waals surface area (Å²) in [5, 5.41) is 0. The zero-order valence-electron chi connectivity index (χ0n) is 15.2. The molecule has 3 rings (SSSR count). The molecule has 0 aliphatic heterocycles. The molecule has 1 amide bonds. The standard InChI is InChI=1S/C21H22N2O2S/c1-15-13-16(2)20-18(14-15)23(11-12-25-3)21(26-20)22-19(24)10-9-17-7-5-4-6-8-17/h4-10,13-14H,11-12H2,1-3H3. The van der Waals surface area contributed by atoms with Gasteiger partial charge in [-0.1, -0.05) is 47.7 Å². The van der Waals surface area contributed by atoms with Crippen molar-refractivity contribution in [2.75, 3.05) is 13.7 Å². The van der Waals surface area contributed by atoms with Crippen LogP contribution in [0.1, 0.15) is 16.7 Å². The Morgan fingerprint density at radius 3 is 2.73 bits per heavy atom. The zero-order valence-corrected chi connectivity index (χ0v) is 16.0. The highest BCUT2D eigenvalue weighted by Gasteiger charge is 2.10. The number of carbonyl (C=O) groups excluding carboxylic acids is 1. The Bertz CT molecular complexity index is 1010. The molecule has 0 saturated heterocycles. The van der Waals surface area contributed by atoms with Gasteiger partial charge in [-0.15, -0.1) is 0 Å². The molecule has 0 unspecified atom stereocenters. The first-order valence-electron chi connectivity index (χ1n) is 8.50. The normalized spacial score (nSPS) is 12.3. The van der Waals surface area contributed by atoms with E-state index < -0.39 is 0 Å². The van der Waals surface area contributed by atoms with Crippen LogP contribution in [0.4, 0.5) is 0 Å². The number of hydrogen-bond acceptors (Lipinski definition) is 3. The monoisotopic (exact) mass is 366 g/mol. The number of fused-ring (bicyclic) bond motifs is 1. The van der Waals surface area contributed by atoms with E-state index in [0.717, 1.165) is 15.8 Å². The molecule has 0 N–H and O–H groups in total. The Morgan fingerprint density at radius 1 is 1.23 bits per heavy atom. The third kappa shape index (κ3) is 4.18. The fraction of sp³-hybridized carbons (Fsp3) is 0.238. The van der Waals surface area contributed by atoms with Gasteiger partial charge in [-0.3, -0.25) is 4.79 Å². The number of amides is 1. The third-order valence-electron chi connectivity index (χ3n) is 4.06. The largest absolute Gasteiger partial charge is 0.383 e. The highest BCUT2D eigenvalue weighted by molar-refractivity contribution is 7.16. The van der Waals surface area contributed by atoms with Gasteiger partial charge in [0.15, 0.2) is 4.80 Å². The van der Waals surface area contributed by atoms with Gasteiger partial charge in [0.1, 0.15) is 0 Å². The molecule has 4 nitrogen and oxygen atoms in total. The minimum atomic E-state index is -0.263. The number of benzene rings is 2. The maximum atomic E-state index is 12.3. The van der Waals surface area contributed by atoms with Crippen molar-refractivity contribution in [2.24, 2.45) is 4.99 Å². The lowest BCUT2D eigenvalue weighted by Crippen LogP contribution is -2.19. The molecule has 134 valence electrons. The van der Waals surface area contributed by atoms with Crippen molar-refractivity contribution < 1.29 is 9.53 Å². The fourth-order valence-electron chi connectivity index (χ4n) is 2.86. The number of aryl methyl sites for hydroxylation is 2. The van der Waals surface area contributed by atoms with Crippen LogP contribution in [-0.2, 0) is 16.1 Å². The van der Waals surface area contributed by atoms with Crippen LogP contribution < -0.4 is 4.80 Å². The Balaban J connectivity index is 2.02. The molecular weight excluding hydrogens is 344 g/mol. The maximum Gasteiger partial charge on any atom is 0.272 e. The van der Waals surface area contributed by atoms with Crippen molar-refractivity contribution in [3.05, 3.63) is 70.0 Å². The summed E-state index contributed by atoms with van der Waals surface area (Å²) in [6.07, 6.45) is 3.30. The van der Waals surface area contributed by atoms with Gasteiger partial charge < -0.3 is 9.30 Å². The summed E-state index contributed by atoms with van der Waals surface area (Å²) in [6, 6.07) is 14.0. The van der Waals surface area contributed by atoms with Crippen LogP contribution >= 0.6 is 11.3 Å².